The molecule has 0 saturated carbocycles. The van der Waals surface area contributed by atoms with Crippen LogP contribution in [0.15, 0.2) is 60.7 Å². The monoisotopic (exact) mass is 401 g/mol. The highest BCUT2D eigenvalue weighted by Gasteiger charge is 2.11. The zero-order chi connectivity index (χ0) is 15.7. The highest BCUT2D eigenvalue weighted by molar-refractivity contribution is 14.1. The molecule has 110 valence electrons. The van der Waals surface area contributed by atoms with Gasteiger partial charge in [0.05, 0.1) is 0 Å². The Bertz CT molecular complexity index is 773. The van der Waals surface area contributed by atoms with Crippen LogP contribution in [0.25, 0.3) is 22.3 Å². The summed E-state index contributed by atoms with van der Waals surface area (Å²) in [5, 5.41) is 0. The summed E-state index contributed by atoms with van der Waals surface area (Å²) in [6, 6.07) is 19.7. The highest BCUT2D eigenvalue weighted by atomic mass is 127. The van der Waals surface area contributed by atoms with Crippen LogP contribution in [0.3, 0.4) is 0 Å². The molecule has 0 radical (unpaired) electrons. The van der Waals surface area contributed by atoms with Gasteiger partial charge in [0.25, 0.3) is 0 Å². The molecule has 0 heterocycles. The van der Waals surface area contributed by atoms with Crippen molar-refractivity contribution in [1.29, 1.82) is 0 Å². The first-order valence-electron chi connectivity index (χ1n) is 6.85. The Kier molecular flexibility index (Phi) is 3.94. The van der Waals surface area contributed by atoms with E-state index in [1.807, 2.05) is 54.6 Å². The van der Waals surface area contributed by atoms with E-state index in [0.29, 0.717) is 0 Å². The molecule has 3 rings (SSSR count). The second-order valence-corrected chi connectivity index (χ2v) is 6.33. The molecule has 3 aromatic carbocycles. The fourth-order valence-corrected chi connectivity index (χ4v) is 2.95. The molecule has 3 aromatic rings. The van der Waals surface area contributed by atoms with E-state index >= 15 is 0 Å². The Morgan fingerprint density at radius 2 is 1.14 bits per heavy atom. The lowest BCUT2D eigenvalue weighted by atomic mass is 9.93. The Balaban J connectivity index is 2.27. The van der Waals surface area contributed by atoms with Crippen molar-refractivity contribution in [3.05, 3.63) is 64.2 Å². The predicted octanol–water partition coefficient (Wildman–Crippen LogP) is 4.37. The molecule has 6 N–H and O–H groups in total. The van der Waals surface area contributed by atoms with Gasteiger partial charge in [-0.05, 0) is 81.2 Å². The summed E-state index contributed by atoms with van der Waals surface area (Å²) in [5.74, 6) is 0. The van der Waals surface area contributed by atoms with Crippen LogP contribution < -0.4 is 17.2 Å². The van der Waals surface area contributed by atoms with E-state index in [-0.39, 0.29) is 0 Å². The smallest absolute Gasteiger partial charge is 0.0456 e. The first kappa shape index (κ1) is 14.7. The van der Waals surface area contributed by atoms with Gasteiger partial charge in [-0.1, -0.05) is 24.3 Å². The molecular weight excluding hydrogens is 385 g/mol. The van der Waals surface area contributed by atoms with Crippen molar-refractivity contribution in [2.45, 2.75) is 0 Å². The van der Waals surface area contributed by atoms with E-state index in [4.69, 9.17) is 17.2 Å². The molecule has 0 spiro atoms. The molecule has 0 amide bonds. The van der Waals surface area contributed by atoms with Gasteiger partial charge in [0.15, 0.2) is 0 Å². The molecule has 0 fully saturated rings. The summed E-state index contributed by atoms with van der Waals surface area (Å²) in [5.41, 5.74) is 24.4. The van der Waals surface area contributed by atoms with Gasteiger partial charge in [-0.2, -0.15) is 0 Å². The van der Waals surface area contributed by atoms with Gasteiger partial charge in [-0.3, -0.25) is 0 Å². The van der Waals surface area contributed by atoms with Crippen molar-refractivity contribution >= 4 is 39.7 Å². The maximum atomic E-state index is 6.11. The van der Waals surface area contributed by atoms with Gasteiger partial charge in [0.1, 0.15) is 0 Å². The fourth-order valence-electron chi connectivity index (χ4n) is 2.48. The number of rotatable bonds is 2. The maximum absolute atomic E-state index is 6.11. The van der Waals surface area contributed by atoms with Crippen molar-refractivity contribution in [1.82, 2.24) is 0 Å². The average Bonchev–Trinajstić information content (AvgIpc) is 2.49. The number of hydrogen-bond donors (Lipinski definition) is 3. The minimum absolute atomic E-state index is 0.730. The van der Waals surface area contributed by atoms with Crippen LogP contribution in [0.5, 0.6) is 0 Å². The number of nitrogens with two attached hydrogens (primary N) is 3. The standard InChI is InChI=1S/C18H16IN3/c19-17-9-15(11-3-1-5-13(20)7-11)16(10-18(17)22)12-4-2-6-14(21)8-12/h1-10H,20-22H2. The molecule has 0 atom stereocenters. The lowest BCUT2D eigenvalue weighted by Crippen LogP contribution is -1.95. The summed E-state index contributed by atoms with van der Waals surface area (Å²) in [7, 11) is 0. The summed E-state index contributed by atoms with van der Waals surface area (Å²) < 4.78 is 1.02. The van der Waals surface area contributed by atoms with E-state index in [1.165, 1.54) is 0 Å². The summed E-state index contributed by atoms with van der Waals surface area (Å²) in [6.07, 6.45) is 0. The van der Waals surface area contributed by atoms with E-state index in [9.17, 15) is 0 Å². The first-order valence-corrected chi connectivity index (χ1v) is 7.93. The molecule has 0 bridgehead atoms. The lowest BCUT2D eigenvalue weighted by Gasteiger charge is -2.14. The summed E-state index contributed by atoms with van der Waals surface area (Å²) in [4.78, 5) is 0. The van der Waals surface area contributed by atoms with Gasteiger partial charge in [-0.25, -0.2) is 0 Å². The summed E-state index contributed by atoms with van der Waals surface area (Å²) in [6.45, 7) is 0. The molecular formula is C18H16IN3. The highest BCUT2D eigenvalue weighted by Crippen LogP contribution is 2.37. The second-order valence-electron chi connectivity index (χ2n) is 5.17. The van der Waals surface area contributed by atoms with Gasteiger partial charge in [-0.15, -0.1) is 0 Å². The molecule has 0 unspecified atom stereocenters. The van der Waals surface area contributed by atoms with Crippen LogP contribution in [-0.4, -0.2) is 0 Å². The quantitative estimate of drug-likeness (QED) is 0.441. The largest absolute Gasteiger partial charge is 0.399 e. The number of nitrogen functional groups attached to an aromatic ring is 3. The number of halogens is 1. The second kappa shape index (κ2) is 5.88. The topological polar surface area (TPSA) is 78.1 Å². The number of benzene rings is 3. The van der Waals surface area contributed by atoms with E-state index in [1.54, 1.807) is 0 Å². The van der Waals surface area contributed by atoms with Gasteiger partial charge < -0.3 is 17.2 Å². The summed E-state index contributed by atoms with van der Waals surface area (Å²) >= 11 is 2.25. The third kappa shape index (κ3) is 2.87. The molecule has 0 aliphatic heterocycles. The lowest BCUT2D eigenvalue weighted by molar-refractivity contribution is 1.55. The van der Waals surface area contributed by atoms with Crippen LogP contribution in [0, 0.1) is 3.57 Å². The van der Waals surface area contributed by atoms with Crippen molar-refractivity contribution in [3.8, 4) is 22.3 Å². The van der Waals surface area contributed by atoms with Crippen molar-refractivity contribution < 1.29 is 0 Å². The van der Waals surface area contributed by atoms with Gasteiger partial charge >= 0.3 is 0 Å². The van der Waals surface area contributed by atoms with E-state index in [0.717, 1.165) is 42.9 Å². The molecule has 3 nitrogen and oxygen atoms in total. The Labute approximate surface area is 143 Å². The molecule has 0 aromatic heterocycles. The third-order valence-electron chi connectivity index (χ3n) is 3.53. The normalized spacial score (nSPS) is 10.6. The molecule has 4 heteroatoms. The Morgan fingerprint density at radius 3 is 1.64 bits per heavy atom. The van der Waals surface area contributed by atoms with Gasteiger partial charge in [0.2, 0.25) is 0 Å². The Hall–Kier alpha value is -2.21. The van der Waals surface area contributed by atoms with E-state index in [2.05, 4.69) is 28.7 Å². The van der Waals surface area contributed by atoms with Crippen molar-refractivity contribution in [3.63, 3.8) is 0 Å². The zero-order valence-electron chi connectivity index (χ0n) is 11.9. The van der Waals surface area contributed by atoms with Crippen LogP contribution in [0.4, 0.5) is 17.1 Å². The average molecular weight is 401 g/mol. The number of anilines is 3. The minimum atomic E-state index is 0.730. The zero-order valence-corrected chi connectivity index (χ0v) is 14.0. The SMILES string of the molecule is Nc1cccc(-c2cc(N)c(I)cc2-c2cccc(N)c2)c1. The molecule has 0 saturated heterocycles. The first-order chi connectivity index (χ1) is 10.5. The van der Waals surface area contributed by atoms with Crippen LogP contribution in [0.2, 0.25) is 0 Å². The maximum Gasteiger partial charge on any atom is 0.0456 e. The Morgan fingerprint density at radius 1 is 0.636 bits per heavy atom. The van der Waals surface area contributed by atoms with Crippen molar-refractivity contribution in [2.75, 3.05) is 17.2 Å². The minimum Gasteiger partial charge on any atom is -0.399 e. The van der Waals surface area contributed by atoms with Crippen LogP contribution in [0.1, 0.15) is 0 Å². The molecule has 0 aliphatic carbocycles. The molecule has 22 heavy (non-hydrogen) atoms. The fraction of sp³-hybridized carbons (Fsp3) is 0. The van der Waals surface area contributed by atoms with Crippen molar-refractivity contribution in [2.24, 2.45) is 0 Å². The van der Waals surface area contributed by atoms with Gasteiger partial charge in [0, 0.05) is 20.6 Å². The molecule has 0 aliphatic rings. The third-order valence-corrected chi connectivity index (χ3v) is 4.47. The van der Waals surface area contributed by atoms with Crippen LogP contribution in [-0.2, 0) is 0 Å². The van der Waals surface area contributed by atoms with E-state index < -0.39 is 0 Å². The number of hydrogen-bond acceptors (Lipinski definition) is 3. The van der Waals surface area contributed by atoms with Crippen LogP contribution >= 0.6 is 22.6 Å². The predicted molar refractivity (Wildman–Crippen MR) is 103 cm³/mol.